The summed E-state index contributed by atoms with van der Waals surface area (Å²) < 4.78 is 9.36. The molecular formula is C10H17ClN2O4. The summed E-state index contributed by atoms with van der Waals surface area (Å²) in [7, 11) is 1.21. The molecule has 0 aliphatic heterocycles. The smallest absolute Gasteiger partial charge is 0.428 e. The highest BCUT2D eigenvalue weighted by atomic mass is 35.5. The molecule has 0 heterocycles. The van der Waals surface area contributed by atoms with E-state index in [0.717, 1.165) is 0 Å². The van der Waals surface area contributed by atoms with Crippen molar-refractivity contribution in [2.24, 2.45) is 5.10 Å². The van der Waals surface area contributed by atoms with Crippen LogP contribution in [-0.2, 0) is 14.3 Å². The van der Waals surface area contributed by atoms with Gasteiger partial charge in [-0.25, -0.2) is 10.2 Å². The van der Waals surface area contributed by atoms with Gasteiger partial charge in [-0.15, -0.1) is 11.6 Å². The molecule has 6 nitrogen and oxygen atoms in total. The Morgan fingerprint density at radius 3 is 2.29 bits per heavy atom. The Labute approximate surface area is 105 Å². The highest BCUT2D eigenvalue weighted by Crippen LogP contribution is 2.06. The third-order valence-corrected chi connectivity index (χ3v) is 1.99. The average molecular weight is 265 g/mol. The summed E-state index contributed by atoms with van der Waals surface area (Å²) in [6, 6.07) is 0. The first-order valence-corrected chi connectivity index (χ1v) is 5.36. The van der Waals surface area contributed by atoms with Crippen molar-refractivity contribution in [3.05, 3.63) is 0 Å². The molecule has 1 amide bonds. The summed E-state index contributed by atoms with van der Waals surface area (Å²) in [5.74, 6) is -0.640. The van der Waals surface area contributed by atoms with Crippen LogP contribution in [-0.4, -0.2) is 35.9 Å². The summed E-state index contributed by atoms with van der Waals surface area (Å²) in [4.78, 5) is 22.3. The molecule has 0 radical (unpaired) electrons. The van der Waals surface area contributed by atoms with E-state index < -0.39 is 23.0 Å². The lowest BCUT2D eigenvalue weighted by Gasteiger charge is -2.18. The zero-order valence-corrected chi connectivity index (χ0v) is 11.3. The van der Waals surface area contributed by atoms with Crippen LogP contribution < -0.4 is 5.43 Å². The zero-order valence-electron chi connectivity index (χ0n) is 10.5. The van der Waals surface area contributed by atoms with Crippen molar-refractivity contribution in [3.8, 4) is 0 Å². The van der Waals surface area contributed by atoms with Gasteiger partial charge in [0.1, 0.15) is 5.60 Å². The molecule has 0 aromatic rings. The van der Waals surface area contributed by atoms with Gasteiger partial charge < -0.3 is 9.47 Å². The largest absolute Gasteiger partial charge is 0.468 e. The van der Waals surface area contributed by atoms with E-state index in [2.05, 4.69) is 15.3 Å². The maximum Gasteiger partial charge on any atom is 0.428 e. The molecule has 1 N–H and O–H groups in total. The molecule has 17 heavy (non-hydrogen) atoms. The number of hydrogen-bond acceptors (Lipinski definition) is 5. The zero-order chi connectivity index (χ0) is 13.6. The maximum absolute atomic E-state index is 11.2. The van der Waals surface area contributed by atoms with Crippen LogP contribution in [0.4, 0.5) is 4.79 Å². The molecule has 0 saturated carbocycles. The number of nitrogens with zero attached hydrogens (tertiary/aromatic N) is 1. The molecule has 0 aromatic heterocycles. The molecule has 0 aromatic carbocycles. The van der Waals surface area contributed by atoms with E-state index in [4.69, 9.17) is 16.3 Å². The van der Waals surface area contributed by atoms with Crippen molar-refractivity contribution in [1.29, 1.82) is 0 Å². The molecule has 1 unspecified atom stereocenters. The number of carbonyl (C=O) groups excluding carboxylic acids is 2. The number of halogens is 1. The van der Waals surface area contributed by atoms with Crippen molar-refractivity contribution in [1.82, 2.24) is 5.43 Å². The van der Waals surface area contributed by atoms with Crippen molar-refractivity contribution in [2.45, 2.75) is 38.7 Å². The normalized spacial score (nSPS) is 13.9. The number of rotatable bonds is 3. The van der Waals surface area contributed by atoms with Crippen LogP contribution >= 0.6 is 11.6 Å². The number of methoxy groups -OCH3 is 1. The van der Waals surface area contributed by atoms with Gasteiger partial charge in [0, 0.05) is 0 Å². The predicted octanol–water partition coefficient (Wildman–Crippen LogP) is 1.67. The van der Waals surface area contributed by atoms with Gasteiger partial charge in [0.05, 0.1) is 12.8 Å². The van der Waals surface area contributed by atoms with Crippen LogP contribution in [0, 0.1) is 0 Å². The molecule has 0 aliphatic rings. The minimum absolute atomic E-state index is 0.212. The molecule has 0 bridgehead atoms. The lowest BCUT2D eigenvalue weighted by atomic mass is 10.2. The monoisotopic (exact) mass is 264 g/mol. The van der Waals surface area contributed by atoms with Gasteiger partial charge in [-0.3, -0.25) is 4.79 Å². The second-order valence-corrected chi connectivity index (χ2v) is 4.69. The van der Waals surface area contributed by atoms with E-state index in [9.17, 15) is 9.59 Å². The highest BCUT2D eigenvalue weighted by molar-refractivity contribution is 6.41. The Hall–Kier alpha value is -1.30. The number of esters is 1. The molecule has 0 aliphatic carbocycles. The van der Waals surface area contributed by atoms with Crippen LogP contribution in [0.25, 0.3) is 0 Å². The fourth-order valence-electron chi connectivity index (χ4n) is 0.765. The van der Waals surface area contributed by atoms with Crippen LogP contribution in [0.3, 0.4) is 0 Å². The van der Waals surface area contributed by atoms with Crippen LogP contribution in [0.1, 0.15) is 27.7 Å². The van der Waals surface area contributed by atoms with E-state index in [1.54, 1.807) is 20.8 Å². The molecular weight excluding hydrogens is 248 g/mol. The minimum atomic E-state index is -1.03. The average Bonchev–Trinajstić information content (AvgIpc) is 2.21. The fourth-order valence-corrected chi connectivity index (χ4v) is 0.903. The van der Waals surface area contributed by atoms with Crippen molar-refractivity contribution in [3.63, 3.8) is 0 Å². The standard InChI is InChI=1S/C10H17ClN2O4/c1-6(7(11)8(14)16-5)12-13-9(15)17-10(2,3)4/h7H,1-5H3,(H,13,15)/b12-6+. The summed E-state index contributed by atoms with van der Waals surface area (Å²) in [6.07, 6.45) is -0.717. The lowest BCUT2D eigenvalue weighted by molar-refractivity contribution is -0.138. The first-order chi connectivity index (χ1) is 7.67. The predicted molar refractivity (Wildman–Crippen MR) is 64.1 cm³/mol. The molecule has 1 atom stereocenters. The molecule has 0 fully saturated rings. The van der Waals surface area contributed by atoms with E-state index in [1.165, 1.54) is 14.0 Å². The SMILES string of the molecule is COC(=O)C(Cl)/C(C)=N/NC(=O)OC(C)(C)C. The number of ether oxygens (including phenoxy) is 2. The third kappa shape index (κ3) is 6.78. The maximum atomic E-state index is 11.2. The second-order valence-electron chi connectivity index (χ2n) is 4.25. The topological polar surface area (TPSA) is 77.0 Å². The number of amides is 1. The molecule has 0 saturated heterocycles. The Balaban J connectivity index is 4.33. The van der Waals surface area contributed by atoms with Crippen LogP contribution in [0.5, 0.6) is 0 Å². The van der Waals surface area contributed by atoms with Gasteiger partial charge in [-0.2, -0.15) is 5.10 Å². The van der Waals surface area contributed by atoms with Gasteiger partial charge >= 0.3 is 12.1 Å². The summed E-state index contributed by atoms with van der Waals surface area (Å²) in [5, 5.41) is 2.60. The first-order valence-electron chi connectivity index (χ1n) is 4.92. The van der Waals surface area contributed by atoms with E-state index in [1.807, 2.05) is 0 Å². The van der Waals surface area contributed by atoms with Crippen LogP contribution in [0.15, 0.2) is 5.10 Å². The number of nitrogens with one attached hydrogen (secondary N) is 1. The fraction of sp³-hybridized carbons (Fsp3) is 0.700. The van der Waals surface area contributed by atoms with Gasteiger partial charge in [0.15, 0.2) is 5.38 Å². The molecule has 7 heteroatoms. The van der Waals surface area contributed by atoms with Gasteiger partial charge in [-0.05, 0) is 27.7 Å². The number of hydrazone groups is 1. The quantitative estimate of drug-likeness (QED) is 0.364. The Kier molecular flexibility index (Phi) is 5.95. The molecule has 98 valence electrons. The third-order valence-electron chi connectivity index (χ3n) is 1.50. The number of carbonyl (C=O) groups is 2. The van der Waals surface area contributed by atoms with Gasteiger partial charge in [-0.1, -0.05) is 0 Å². The van der Waals surface area contributed by atoms with Crippen LogP contribution in [0.2, 0.25) is 0 Å². The van der Waals surface area contributed by atoms with E-state index in [-0.39, 0.29) is 5.71 Å². The summed E-state index contributed by atoms with van der Waals surface area (Å²) >= 11 is 5.70. The minimum Gasteiger partial charge on any atom is -0.468 e. The number of alkyl halides is 1. The summed E-state index contributed by atoms with van der Waals surface area (Å²) in [6.45, 7) is 6.66. The second kappa shape index (κ2) is 6.44. The Bertz CT molecular complexity index is 323. The van der Waals surface area contributed by atoms with E-state index >= 15 is 0 Å². The van der Waals surface area contributed by atoms with Gasteiger partial charge in [0.25, 0.3) is 0 Å². The lowest BCUT2D eigenvalue weighted by Crippen LogP contribution is -2.32. The van der Waals surface area contributed by atoms with Gasteiger partial charge in [0.2, 0.25) is 0 Å². The first kappa shape index (κ1) is 15.7. The Morgan fingerprint density at radius 1 is 1.35 bits per heavy atom. The van der Waals surface area contributed by atoms with E-state index in [0.29, 0.717) is 0 Å². The molecule has 0 rings (SSSR count). The number of hydrogen-bond donors (Lipinski definition) is 1. The van der Waals surface area contributed by atoms with Crippen molar-refractivity contribution >= 4 is 29.4 Å². The van der Waals surface area contributed by atoms with Crippen molar-refractivity contribution < 1.29 is 19.1 Å². The molecule has 0 spiro atoms. The summed E-state index contributed by atoms with van der Waals surface area (Å²) in [5.41, 5.74) is 1.73. The highest BCUT2D eigenvalue weighted by Gasteiger charge is 2.20. The Morgan fingerprint density at radius 2 is 1.88 bits per heavy atom. The van der Waals surface area contributed by atoms with Crippen molar-refractivity contribution in [2.75, 3.05) is 7.11 Å².